The third-order valence-corrected chi connectivity index (χ3v) is 4.45. The van der Waals surface area contributed by atoms with E-state index in [0.29, 0.717) is 12.0 Å². The maximum Gasteiger partial charge on any atom is 0.0589 e. The summed E-state index contributed by atoms with van der Waals surface area (Å²) < 4.78 is 5.28. The maximum atomic E-state index is 5.28. The van der Waals surface area contributed by atoms with Gasteiger partial charge in [-0.2, -0.15) is 0 Å². The Kier molecular flexibility index (Phi) is 5.19. The van der Waals surface area contributed by atoms with Gasteiger partial charge in [0.15, 0.2) is 0 Å². The summed E-state index contributed by atoms with van der Waals surface area (Å²) in [6.07, 6.45) is 0. The van der Waals surface area contributed by atoms with Crippen molar-refractivity contribution < 1.29 is 4.74 Å². The van der Waals surface area contributed by atoms with Gasteiger partial charge in [-0.15, -0.1) is 0 Å². The second-order valence-corrected chi connectivity index (χ2v) is 6.35. The van der Waals surface area contributed by atoms with Crippen molar-refractivity contribution in [2.45, 2.75) is 32.4 Å². The first kappa shape index (κ1) is 15.5. The van der Waals surface area contributed by atoms with Crippen LogP contribution < -0.4 is 5.32 Å². The number of nitrogens with one attached hydrogen (secondary N) is 1. The molecule has 2 atom stereocenters. The maximum absolute atomic E-state index is 5.28. The Morgan fingerprint density at radius 1 is 1.35 bits per heavy atom. The van der Waals surface area contributed by atoms with Gasteiger partial charge in [-0.05, 0) is 18.4 Å². The number of ether oxygens (including phenoxy) is 1. The van der Waals surface area contributed by atoms with Crippen LogP contribution in [0.25, 0.3) is 0 Å². The Labute approximate surface area is 123 Å². The van der Waals surface area contributed by atoms with Gasteiger partial charge in [0.1, 0.15) is 0 Å². The molecule has 1 saturated heterocycles. The minimum Gasteiger partial charge on any atom is -0.383 e. The highest BCUT2D eigenvalue weighted by atomic mass is 16.5. The van der Waals surface area contributed by atoms with Gasteiger partial charge in [0, 0.05) is 32.8 Å². The molecule has 0 aromatic heterocycles. The predicted octanol–water partition coefficient (Wildman–Crippen LogP) is 2.48. The van der Waals surface area contributed by atoms with Gasteiger partial charge in [-0.3, -0.25) is 4.90 Å². The molecule has 0 radical (unpaired) electrons. The van der Waals surface area contributed by atoms with Crippen LogP contribution in [0.2, 0.25) is 0 Å². The molecule has 1 aromatic carbocycles. The molecule has 0 spiro atoms. The Morgan fingerprint density at radius 2 is 2.05 bits per heavy atom. The first-order valence-electron chi connectivity index (χ1n) is 7.60. The quantitative estimate of drug-likeness (QED) is 0.894. The summed E-state index contributed by atoms with van der Waals surface area (Å²) in [6, 6.07) is 11.3. The molecule has 0 bridgehead atoms. The third kappa shape index (κ3) is 3.40. The molecule has 0 saturated carbocycles. The number of piperazine rings is 1. The number of hydrogen-bond acceptors (Lipinski definition) is 3. The third-order valence-electron chi connectivity index (χ3n) is 4.45. The average molecular weight is 276 g/mol. The van der Waals surface area contributed by atoms with E-state index in [1.165, 1.54) is 5.56 Å². The SMILES string of the molecule is COCCN1CC(C)(c2ccccc2)NCC1C(C)C. The van der Waals surface area contributed by atoms with Gasteiger partial charge < -0.3 is 10.1 Å². The summed E-state index contributed by atoms with van der Waals surface area (Å²) in [7, 11) is 1.78. The molecule has 2 unspecified atom stereocenters. The Morgan fingerprint density at radius 3 is 2.65 bits per heavy atom. The van der Waals surface area contributed by atoms with Crippen LogP contribution >= 0.6 is 0 Å². The molecule has 0 amide bonds. The van der Waals surface area contributed by atoms with Crippen LogP contribution in [0.15, 0.2) is 30.3 Å². The molecule has 1 fully saturated rings. The minimum absolute atomic E-state index is 0.0282. The van der Waals surface area contributed by atoms with Gasteiger partial charge in [0.25, 0.3) is 0 Å². The summed E-state index contributed by atoms with van der Waals surface area (Å²) in [5.74, 6) is 0.652. The van der Waals surface area contributed by atoms with Crippen LogP contribution in [0.5, 0.6) is 0 Å². The zero-order chi connectivity index (χ0) is 14.6. The largest absolute Gasteiger partial charge is 0.383 e. The molecular formula is C17H28N2O. The van der Waals surface area contributed by atoms with E-state index < -0.39 is 0 Å². The lowest BCUT2D eigenvalue weighted by molar-refractivity contribution is 0.0384. The molecule has 3 heteroatoms. The van der Waals surface area contributed by atoms with E-state index in [0.717, 1.165) is 26.2 Å². The zero-order valence-corrected chi connectivity index (χ0v) is 13.2. The van der Waals surface area contributed by atoms with Crippen molar-refractivity contribution in [3.63, 3.8) is 0 Å². The molecule has 1 heterocycles. The molecule has 1 aliphatic rings. The summed E-state index contributed by atoms with van der Waals surface area (Å²) in [4.78, 5) is 2.58. The lowest BCUT2D eigenvalue weighted by Gasteiger charge is -2.48. The summed E-state index contributed by atoms with van der Waals surface area (Å²) >= 11 is 0. The van der Waals surface area contributed by atoms with E-state index in [-0.39, 0.29) is 5.54 Å². The van der Waals surface area contributed by atoms with Crippen LogP contribution in [0.3, 0.4) is 0 Å². The van der Waals surface area contributed by atoms with Crippen molar-refractivity contribution in [3.05, 3.63) is 35.9 Å². The summed E-state index contributed by atoms with van der Waals surface area (Å²) in [6.45, 7) is 10.8. The topological polar surface area (TPSA) is 24.5 Å². The fraction of sp³-hybridized carbons (Fsp3) is 0.647. The molecule has 2 rings (SSSR count). The average Bonchev–Trinajstić information content (AvgIpc) is 2.46. The smallest absolute Gasteiger partial charge is 0.0589 e. The first-order chi connectivity index (χ1) is 9.57. The van der Waals surface area contributed by atoms with Crippen LogP contribution in [0.4, 0.5) is 0 Å². The van der Waals surface area contributed by atoms with E-state index in [1.54, 1.807) is 7.11 Å². The van der Waals surface area contributed by atoms with Crippen molar-refractivity contribution in [3.8, 4) is 0 Å². The fourth-order valence-electron chi connectivity index (χ4n) is 3.15. The van der Waals surface area contributed by atoms with Crippen LogP contribution in [0.1, 0.15) is 26.3 Å². The number of methoxy groups -OCH3 is 1. The molecule has 3 nitrogen and oxygen atoms in total. The van der Waals surface area contributed by atoms with Gasteiger partial charge in [0.05, 0.1) is 12.1 Å². The van der Waals surface area contributed by atoms with E-state index in [2.05, 4.69) is 61.3 Å². The van der Waals surface area contributed by atoms with Crippen molar-refractivity contribution >= 4 is 0 Å². The second-order valence-electron chi connectivity index (χ2n) is 6.35. The normalized spacial score (nSPS) is 27.9. The predicted molar refractivity (Wildman–Crippen MR) is 83.9 cm³/mol. The van der Waals surface area contributed by atoms with Crippen molar-refractivity contribution in [1.29, 1.82) is 0 Å². The Hall–Kier alpha value is -0.900. The Balaban J connectivity index is 2.15. The van der Waals surface area contributed by atoms with Gasteiger partial charge in [-0.25, -0.2) is 0 Å². The molecule has 0 aliphatic carbocycles. The second kappa shape index (κ2) is 6.70. The lowest BCUT2D eigenvalue weighted by Crippen LogP contribution is -2.62. The first-order valence-corrected chi connectivity index (χ1v) is 7.60. The van der Waals surface area contributed by atoms with Crippen molar-refractivity contribution in [1.82, 2.24) is 10.2 Å². The lowest BCUT2D eigenvalue weighted by atomic mass is 9.86. The van der Waals surface area contributed by atoms with E-state index in [4.69, 9.17) is 4.74 Å². The number of hydrogen-bond donors (Lipinski definition) is 1. The molecule has 1 aromatic rings. The highest BCUT2D eigenvalue weighted by Crippen LogP contribution is 2.28. The minimum atomic E-state index is 0.0282. The van der Waals surface area contributed by atoms with E-state index >= 15 is 0 Å². The number of benzene rings is 1. The zero-order valence-electron chi connectivity index (χ0n) is 13.2. The monoisotopic (exact) mass is 276 g/mol. The van der Waals surface area contributed by atoms with Gasteiger partial charge in [0.2, 0.25) is 0 Å². The highest BCUT2D eigenvalue weighted by Gasteiger charge is 2.37. The molecular weight excluding hydrogens is 248 g/mol. The summed E-state index contributed by atoms with van der Waals surface area (Å²) in [5.41, 5.74) is 1.39. The van der Waals surface area contributed by atoms with Crippen molar-refractivity contribution in [2.75, 3.05) is 33.4 Å². The summed E-state index contributed by atoms with van der Waals surface area (Å²) in [5, 5.41) is 3.77. The highest BCUT2D eigenvalue weighted by molar-refractivity contribution is 5.25. The van der Waals surface area contributed by atoms with E-state index in [1.807, 2.05) is 0 Å². The molecule has 112 valence electrons. The number of rotatable bonds is 5. The van der Waals surface area contributed by atoms with Crippen LogP contribution in [-0.4, -0.2) is 44.3 Å². The standard InChI is InChI=1S/C17H28N2O/c1-14(2)16-12-18-17(3,13-19(16)10-11-20-4)15-8-6-5-7-9-15/h5-9,14,16,18H,10-13H2,1-4H3. The van der Waals surface area contributed by atoms with Crippen molar-refractivity contribution in [2.24, 2.45) is 5.92 Å². The Bertz CT molecular complexity index is 407. The van der Waals surface area contributed by atoms with Crippen LogP contribution in [0, 0.1) is 5.92 Å². The van der Waals surface area contributed by atoms with E-state index in [9.17, 15) is 0 Å². The number of nitrogens with zero attached hydrogens (tertiary/aromatic N) is 1. The fourth-order valence-corrected chi connectivity index (χ4v) is 3.15. The molecule has 1 aliphatic heterocycles. The molecule has 20 heavy (non-hydrogen) atoms. The van der Waals surface area contributed by atoms with Gasteiger partial charge >= 0.3 is 0 Å². The van der Waals surface area contributed by atoms with Crippen LogP contribution in [-0.2, 0) is 10.3 Å². The molecule has 1 N–H and O–H groups in total. The van der Waals surface area contributed by atoms with Gasteiger partial charge in [-0.1, -0.05) is 44.2 Å².